The molecular formula is C62H111N11O12. The number of allylic oxidation sites excluding steroid dienone is 2. The van der Waals surface area contributed by atoms with E-state index >= 15 is 14.4 Å². The van der Waals surface area contributed by atoms with Gasteiger partial charge in [0.15, 0.2) is 0 Å². The number of likely N-dealkylation sites (N-methyl/N-ethyl adjacent to an activating group) is 7. The third-order valence-electron chi connectivity index (χ3n) is 16.2. The Kier molecular flexibility index (Phi) is 30.5. The highest BCUT2D eigenvalue weighted by Crippen LogP contribution is 2.27. The Morgan fingerprint density at radius 1 is 0.506 bits per heavy atom. The molecule has 11 amide bonds. The summed E-state index contributed by atoms with van der Waals surface area (Å²) in [6.45, 7) is 30.8. The van der Waals surface area contributed by atoms with Crippen molar-refractivity contribution in [1.29, 1.82) is 0 Å². The van der Waals surface area contributed by atoms with E-state index in [-0.39, 0.29) is 43.4 Å². The number of aliphatic hydroxyl groups is 1. The van der Waals surface area contributed by atoms with Crippen LogP contribution in [0.2, 0.25) is 0 Å². The van der Waals surface area contributed by atoms with E-state index in [4.69, 9.17) is 0 Å². The number of nitrogens with zero attached hydrogens (tertiary/aromatic N) is 7. The summed E-state index contributed by atoms with van der Waals surface area (Å²) in [5, 5.41) is 23.2. The highest BCUT2D eigenvalue weighted by atomic mass is 16.3. The summed E-state index contributed by atoms with van der Waals surface area (Å²) < 4.78 is 0. The fraction of sp³-hybridized carbons (Fsp3) is 0.790. The quantitative estimate of drug-likeness (QED) is 0.166. The Labute approximate surface area is 508 Å². The van der Waals surface area contributed by atoms with Gasteiger partial charge in [0, 0.05) is 49.3 Å². The fourth-order valence-corrected chi connectivity index (χ4v) is 10.7. The molecule has 23 heteroatoms. The molecule has 1 unspecified atom stereocenters. The van der Waals surface area contributed by atoms with E-state index < -0.39 is 161 Å². The van der Waals surface area contributed by atoms with E-state index in [1.807, 2.05) is 41.5 Å². The summed E-state index contributed by atoms with van der Waals surface area (Å²) in [7, 11) is 9.86. The Morgan fingerprint density at radius 2 is 0.953 bits per heavy atom. The van der Waals surface area contributed by atoms with Crippen molar-refractivity contribution in [2.75, 3.05) is 55.9 Å². The van der Waals surface area contributed by atoms with Gasteiger partial charge in [-0.05, 0) is 93.8 Å². The lowest BCUT2D eigenvalue weighted by atomic mass is 9.85. The third-order valence-corrected chi connectivity index (χ3v) is 16.2. The van der Waals surface area contributed by atoms with Crippen LogP contribution in [0.15, 0.2) is 12.2 Å². The van der Waals surface area contributed by atoms with Gasteiger partial charge in [0.25, 0.3) is 0 Å². The van der Waals surface area contributed by atoms with Crippen molar-refractivity contribution in [1.82, 2.24) is 55.6 Å². The number of aliphatic hydroxyl groups excluding tert-OH is 1. The average molecular weight is 1200 g/mol. The Hall–Kier alpha value is -6.13. The highest BCUT2D eigenvalue weighted by molar-refractivity contribution is 5.99. The maximum atomic E-state index is 15.1. The molecule has 1 saturated heterocycles. The predicted octanol–water partition coefficient (Wildman–Crippen LogP) is 3.27. The normalized spacial score (nSPS) is 27.0. The largest absolute Gasteiger partial charge is 0.390 e. The van der Waals surface area contributed by atoms with Crippen LogP contribution in [0.1, 0.15) is 157 Å². The van der Waals surface area contributed by atoms with Crippen molar-refractivity contribution in [2.24, 2.45) is 40.9 Å². The molecule has 1 aliphatic rings. The second kappa shape index (κ2) is 33.7. The van der Waals surface area contributed by atoms with E-state index in [0.29, 0.717) is 6.42 Å². The summed E-state index contributed by atoms with van der Waals surface area (Å²) in [4.78, 5) is 169. The van der Waals surface area contributed by atoms with Gasteiger partial charge in [-0.2, -0.15) is 0 Å². The van der Waals surface area contributed by atoms with Crippen LogP contribution in [0.25, 0.3) is 0 Å². The SMILES string of the molecule is C/C=C/C[C@@H](C)[C@@H](O)[C@H]1C(=O)N[C@@H](CC)C(=O)N(C)CC(=O)N(C)[C@@H](C(C)C)C(=O)N[C@@H](C(C)(C)C)C(=O)N(C)[C@@H](C)C(=O)NC(CC(C)C)C(=O)N[C@H](C)C(=O)N(C)[C@@H](CC(C)C)C(=O)N(C)[C@H](CC(C)C)C(=O)N(C)[C@@H](C(C)C)C(=O)N1C. The zero-order valence-electron chi connectivity index (χ0n) is 56.3. The fourth-order valence-electron chi connectivity index (χ4n) is 10.7. The number of amides is 11. The Bertz CT molecular complexity index is 2350. The van der Waals surface area contributed by atoms with Gasteiger partial charge < -0.3 is 60.7 Å². The maximum Gasteiger partial charge on any atom is 0.246 e. The summed E-state index contributed by atoms with van der Waals surface area (Å²) in [6.07, 6.45) is 2.85. The van der Waals surface area contributed by atoms with Crippen molar-refractivity contribution < 1.29 is 57.8 Å². The van der Waals surface area contributed by atoms with E-state index in [9.17, 15) is 43.5 Å². The van der Waals surface area contributed by atoms with Crippen LogP contribution in [-0.4, -0.2) is 227 Å². The van der Waals surface area contributed by atoms with Crippen LogP contribution < -0.4 is 21.3 Å². The molecule has 1 rings (SSSR count). The molecule has 0 saturated carbocycles. The molecule has 1 heterocycles. The number of nitrogens with one attached hydrogen (secondary N) is 4. The molecule has 0 spiro atoms. The number of hydrogen-bond acceptors (Lipinski definition) is 12. The van der Waals surface area contributed by atoms with Crippen LogP contribution in [-0.2, 0) is 52.7 Å². The van der Waals surface area contributed by atoms with Crippen LogP contribution in [0.5, 0.6) is 0 Å². The van der Waals surface area contributed by atoms with Crippen molar-refractivity contribution in [3.05, 3.63) is 12.2 Å². The van der Waals surface area contributed by atoms with Gasteiger partial charge in [-0.1, -0.05) is 116 Å². The van der Waals surface area contributed by atoms with Crippen molar-refractivity contribution in [3.8, 4) is 0 Å². The molecule has 1 aliphatic heterocycles. The van der Waals surface area contributed by atoms with Crippen molar-refractivity contribution in [3.63, 3.8) is 0 Å². The monoisotopic (exact) mass is 1200 g/mol. The number of carbonyl (C=O) groups is 11. The van der Waals surface area contributed by atoms with Gasteiger partial charge in [-0.25, -0.2) is 0 Å². The molecule has 5 N–H and O–H groups in total. The standard InChI is InChI=1S/C62H111N11O12/c1-26-28-29-39(13)50(75)49-55(79)64-42(27-2)57(81)67(19)33-46(74)71(23)47(37(9)10)54(78)66-51(62(16,17)18)61(85)68(20)41(15)52(76)65-43(30-34(3)4)53(77)63-40(14)56(80)69(21)44(31-35(5)6)58(82)70(22)45(32-36(7)8)59(83)72(24)48(38(11)12)60(84)73(49)25/h26,28,34-45,47-51,75H,27,29-33H2,1-25H3,(H,63,77)(H,64,79)(H,65,76)(H,66,78)/b28-26+/t39-,40-,41+,42+,43?,44+,45-,47+,48+,49+,50-,51-/m1/s1. The van der Waals surface area contributed by atoms with Gasteiger partial charge in [0.1, 0.15) is 60.4 Å². The molecule has 23 nitrogen and oxygen atoms in total. The minimum absolute atomic E-state index is 0.0192. The molecule has 0 radical (unpaired) electrons. The molecule has 12 atom stereocenters. The van der Waals surface area contributed by atoms with Crippen molar-refractivity contribution >= 4 is 65.0 Å². The minimum Gasteiger partial charge on any atom is -0.390 e. The van der Waals surface area contributed by atoms with Crippen LogP contribution in [0.4, 0.5) is 0 Å². The second-order valence-electron chi connectivity index (χ2n) is 26.7. The first-order valence-electron chi connectivity index (χ1n) is 30.4. The molecule has 0 aliphatic carbocycles. The van der Waals surface area contributed by atoms with Gasteiger partial charge in [-0.15, -0.1) is 0 Å². The number of hydrogen-bond donors (Lipinski definition) is 5. The lowest BCUT2D eigenvalue weighted by Crippen LogP contribution is -2.63. The lowest BCUT2D eigenvalue weighted by Gasteiger charge is -2.41. The lowest BCUT2D eigenvalue weighted by molar-refractivity contribution is -0.157. The Balaban J connectivity index is 4.34. The van der Waals surface area contributed by atoms with E-state index in [1.165, 1.54) is 82.8 Å². The first-order chi connectivity index (χ1) is 39.0. The molecule has 486 valence electrons. The zero-order valence-corrected chi connectivity index (χ0v) is 56.3. The molecule has 0 aromatic carbocycles. The molecule has 0 aromatic rings. The molecular weight excluding hydrogens is 1090 g/mol. The second-order valence-corrected chi connectivity index (χ2v) is 26.7. The van der Waals surface area contributed by atoms with Gasteiger partial charge >= 0.3 is 0 Å². The summed E-state index contributed by atoms with van der Waals surface area (Å²) in [6, 6.07) is -12.5. The average Bonchev–Trinajstić information content (AvgIpc) is 3.26. The summed E-state index contributed by atoms with van der Waals surface area (Å²) >= 11 is 0. The first-order valence-corrected chi connectivity index (χ1v) is 30.4. The van der Waals surface area contributed by atoms with Crippen molar-refractivity contribution in [2.45, 2.75) is 223 Å². The molecule has 0 bridgehead atoms. The predicted molar refractivity (Wildman–Crippen MR) is 328 cm³/mol. The molecule has 0 aromatic heterocycles. The Morgan fingerprint density at radius 3 is 1.40 bits per heavy atom. The topological polar surface area (TPSA) is 279 Å². The van der Waals surface area contributed by atoms with Gasteiger partial charge in [0.2, 0.25) is 65.0 Å². The van der Waals surface area contributed by atoms with Crippen LogP contribution in [0.3, 0.4) is 0 Å². The number of rotatable bonds is 13. The van der Waals surface area contributed by atoms with Crippen LogP contribution >= 0.6 is 0 Å². The summed E-state index contributed by atoms with van der Waals surface area (Å²) in [5.41, 5.74) is -0.949. The molecule has 85 heavy (non-hydrogen) atoms. The highest BCUT2D eigenvalue weighted by Gasteiger charge is 2.46. The van der Waals surface area contributed by atoms with E-state index in [2.05, 4.69) is 21.3 Å². The maximum absolute atomic E-state index is 15.1. The van der Waals surface area contributed by atoms with E-state index in [0.717, 1.165) is 14.7 Å². The number of carbonyl (C=O) groups excluding carboxylic acids is 11. The third kappa shape index (κ3) is 21.1. The van der Waals surface area contributed by atoms with E-state index in [1.54, 1.807) is 81.4 Å². The van der Waals surface area contributed by atoms with Gasteiger partial charge in [-0.3, -0.25) is 52.7 Å². The summed E-state index contributed by atoms with van der Waals surface area (Å²) in [5.74, 6) is -9.68. The van der Waals surface area contributed by atoms with Crippen LogP contribution in [0, 0.1) is 40.9 Å². The molecule has 1 fully saturated rings. The van der Waals surface area contributed by atoms with Gasteiger partial charge in [0.05, 0.1) is 12.6 Å². The minimum atomic E-state index is -1.61. The first kappa shape index (κ1) is 76.9. The zero-order chi connectivity index (χ0) is 66.2. The smallest absolute Gasteiger partial charge is 0.246 e.